The first-order valence-corrected chi connectivity index (χ1v) is 7.96. The van der Waals surface area contributed by atoms with Crippen LogP contribution in [0.15, 0.2) is 29.8 Å². The van der Waals surface area contributed by atoms with E-state index < -0.39 is 0 Å². The Kier molecular flexibility index (Phi) is 4.61. The lowest BCUT2D eigenvalue weighted by molar-refractivity contribution is 0.585. The summed E-state index contributed by atoms with van der Waals surface area (Å²) < 4.78 is 0. The van der Waals surface area contributed by atoms with Crippen LogP contribution in [0.1, 0.15) is 48.5 Å². The van der Waals surface area contributed by atoms with E-state index in [2.05, 4.69) is 62.3 Å². The Bertz CT molecular complexity index is 549. The highest BCUT2D eigenvalue weighted by molar-refractivity contribution is 7.09. The molecule has 2 rings (SSSR count). The molecule has 108 valence electrons. The Morgan fingerprint density at radius 2 is 1.85 bits per heavy atom. The Hall–Kier alpha value is -1.19. The predicted molar refractivity (Wildman–Crippen MR) is 87.5 cm³/mol. The van der Waals surface area contributed by atoms with Crippen molar-refractivity contribution in [1.29, 1.82) is 0 Å². The van der Waals surface area contributed by atoms with Crippen LogP contribution in [0.5, 0.6) is 0 Å². The van der Waals surface area contributed by atoms with Gasteiger partial charge in [-0.3, -0.25) is 0 Å². The molecular weight excluding hydrogens is 264 g/mol. The predicted octanol–water partition coefficient (Wildman–Crippen LogP) is 4.25. The summed E-state index contributed by atoms with van der Waals surface area (Å²) in [6, 6.07) is 9.36. The molecule has 2 nitrogen and oxygen atoms in total. The molecule has 3 heteroatoms. The molecule has 1 heterocycles. The third-order valence-electron chi connectivity index (χ3n) is 3.71. The molecule has 0 aliphatic carbocycles. The smallest absolute Gasteiger partial charge is 0.0798 e. The minimum absolute atomic E-state index is 0.217. The number of rotatable bonds is 4. The molecule has 0 fully saturated rings. The highest BCUT2D eigenvalue weighted by atomic mass is 32.1. The first kappa shape index (κ1) is 15.2. The van der Waals surface area contributed by atoms with E-state index in [0.717, 1.165) is 12.1 Å². The van der Waals surface area contributed by atoms with Gasteiger partial charge >= 0.3 is 0 Å². The van der Waals surface area contributed by atoms with Gasteiger partial charge in [0, 0.05) is 10.9 Å². The average Bonchev–Trinajstić information content (AvgIpc) is 2.82. The molecule has 1 atom stereocenters. The lowest BCUT2D eigenvalue weighted by atomic mass is 9.86. The van der Waals surface area contributed by atoms with Crippen molar-refractivity contribution in [3.05, 3.63) is 51.5 Å². The molecule has 0 radical (unpaired) electrons. The molecule has 1 N–H and O–H groups in total. The van der Waals surface area contributed by atoms with Crippen molar-refractivity contribution < 1.29 is 0 Å². The van der Waals surface area contributed by atoms with Gasteiger partial charge in [-0.1, -0.05) is 45.0 Å². The normalized spacial score (nSPS) is 13.4. The van der Waals surface area contributed by atoms with Crippen molar-refractivity contribution in [2.24, 2.45) is 0 Å². The van der Waals surface area contributed by atoms with E-state index in [1.807, 2.05) is 12.6 Å². The summed E-state index contributed by atoms with van der Waals surface area (Å²) in [6.45, 7) is 8.83. The van der Waals surface area contributed by atoms with Crippen molar-refractivity contribution in [3.8, 4) is 0 Å². The van der Waals surface area contributed by atoms with Gasteiger partial charge in [-0.25, -0.2) is 4.98 Å². The third-order valence-corrected chi connectivity index (χ3v) is 4.75. The second-order valence-corrected chi connectivity index (χ2v) is 7.18. The van der Waals surface area contributed by atoms with Crippen LogP contribution < -0.4 is 5.32 Å². The fourth-order valence-electron chi connectivity index (χ4n) is 2.35. The number of thiazole rings is 1. The molecule has 0 saturated heterocycles. The Balaban J connectivity index is 2.15. The number of nitrogens with zero attached hydrogens (tertiary/aromatic N) is 1. The maximum absolute atomic E-state index is 4.35. The highest BCUT2D eigenvalue weighted by Crippen LogP contribution is 2.26. The SMILES string of the molecule is CNC(Cc1ccc(C(C)(C)C)cc1)c1scnc1C. The van der Waals surface area contributed by atoms with Gasteiger partial charge in [0.25, 0.3) is 0 Å². The first-order chi connectivity index (χ1) is 9.41. The molecule has 1 unspecified atom stereocenters. The number of likely N-dealkylation sites (N-methyl/N-ethyl adjacent to an activating group) is 1. The number of benzene rings is 1. The number of hydrogen-bond donors (Lipinski definition) is 1. The van der Waals surface area contributed by atoms with Crippen LogP contribution in [0, 0.1) is 6.92 Å². The van der Waals surface area contributed by atoms with Gasteiger partial charge in [0.05, 0.1) is 11.2 Å². The monoisotopic (exact) mass is 288 g/mol. The lowest BCUT2D eigenvalue weighted by Crippen LogP contribution is -2.19. The summed E-state index contributed by atoms with van der Waals surface area (Å²) in [5, 5.41) is 3.41. The summed E-state index contributed by atoms with van der Waals surface area (Å²) in [6.07, 6.45) is 1.00. The van der Waals surface area contributed by atoms with E-state index in [4.69, 9.17) is 0 Å². The van der Waals surface area contributed by atoms with Crippen molar-refractivity contribution >= 4 is 11.3 Å². The van der Waals surface area contributed by atoms with Crippen LogP contribution in [-0.2, 0) is 11.8 Å². The minimum Gasteiger partial charge on any atom is -0.312 e. The molecule has 20 heavy (non-hydrogen) atoms. The summed E-state index contributed by atoms with van der Waals surface area (Å²) in [4.78, 5) is 5.69. The van der Waals surface area contributed by atoms with Crippen molar-refractivity contribution in [1.82, 2.24) is 10.3 Å². The molecule has 0 aliphatic heterocycles. The fourth-order valence-corrected chi connectivity index (χ4v) is 3.26. The molecule has 0 bridgehead atoms. The van der Waals surface area contributed by atoms with E-state index in [9.17, 15) is 0 Å². The van der Waals surface area contributed by atoms with Gasteiger partial charge < -0.3 is 5.32 Å². The van der Waals surface area contributed by atoms with Crippen LogP contribution in [0.25, 0.3) is 0 Å². The molecule has 0 spiro atoms. The summed E-state index contributed by atoms with van der Waals surface area (Å²) in [5.74, 6) is 0. The number of nitrogens with one attached hydrogen (secondary N) is 1. The summed E-state index contributed by atoms with van der Waals surface area (Å²) >= 11 is 1.74. The lowest BCUT2D eigenvalue weighted by Gasteiger charge is -2.20. The van der Waals surface area contributed by atoms with Crippen molar-refractivity contribution in [2.75, 3.05) is 7.05 Å². The van der Waals surface area contributed by atoms with Gasteiger partial charge in [-0.2, -0.15) is 0 Å². The zero-order valence-corrected chi connectivity index (χ0v) is 13.8. The summed E-state index contributed by atoms with van der Waals surface area (Å²) in [5.41, 5.74) is 6.04. The second-order valence-electron chi connectivity index (χ2n) is 6.29. The van der Waals surface area contributed by atoms with Gasteiger partial charge in [0.15, 0.2) is 0 Å². The quantitative estimate of drug-likeness (QED) is 0.909. The van der Waals surface area contributed by atoms with Gasteiger partial charge in [-0.15, -0.1) is 11.3 Å². The molecule has 2 aromatic rings. The molecule has 1 aromatic carbocycles. The molecule has 0 amide bonds. The Morgan fingerprint density at radius 3 is 2.30 bits per heavy atom. The Morgan fingerprint density at radius 1 is 1.20 bits per heavy atom. The van der Waals surface area contributed by atoms with E-state index in [0.29, 0.717) is 6.04 Å². The number of aryl methyl sites for hydroxylation is 1. The zero-order valence-electron chi connectivity index (χ0n) is 13.0. The highest BCUT2D eigenvalue weighted by Gasteiger charge is 2.16. The average molecular weight is 288 g/mol. The Labute approximate surface area is 126 Å². The number of hydrogen-bond acceptors (Lipinski definition) is 3. The maximum atomic E-state index is 4.35. The van der Waals surface area contributed by atoms with Crippen molar-refractivity contribution in [2.45, 2.75) is 45.6 Å². The van der Waals surface area contributed by atoms with E-state index in [-0.39, 0.29) is 5.41 Å². The fraction of sp³-hybridized carbons (Fsp3) is 0.471. The molecule has 0 saturated carbocycles. The van der Waals surface area contributed by atoms with Crippen LogP contribution in [0.3, 0.4) is 0 Å². The van der Waals surface area contributed by atoms with Gasteiger partial charge in [0.1, 0.15) is 0 Å². The minimum atomic E-state index is 0.217. The molecule has 0 aliphatic rings. The topological polar surface area (TPSA) is 24.9 Å². The van der Waals surface area contributed by atoms with Gasteiger partial charge in [0.2, 0.25) is 0 Å². The number of aromatic nitrogens is 1. The van der Waals surface area contributed by atoms with Crippen LogP contribution >= 0.6 is 11.3 Å². The second kappa shape index (κ2) is 6.06. The van der Waals surface area contributed by atoms with E-state index in [1.54, 1.807) is 11.3 Å². The molecule has 1 aromatic heterocycles. The van der Waals surface area contributed by atoms with Crippen LogP contribution in [0.2, 0.25) is 0 Å². The van der Waals surface area contributed by atoms with E-state index in [1.165, 1.54) is 16.0 Å². The first-order valence-electron chi connectivity index (χ1n) is 7.08. The van der Waals surface area contributed by atoms with Crippen LogP contribution in [-0.4, -0.2) is 12.0 Å². The maximum Gasteiger partial charge on any atom is 0.0798 e. The van der Waals surface area contributed by atoms with E-state index >= 15 is 0 Å². The third kappa shape index (κ3) is 3.47. The van der Waals surface area contributed by atoms with Gasteiger partial charge in [-0.05, 0) is 36.9 Å². The zero-order chi connectivity index (χ0) is 14.8. The van der Waals surface area contributed by atoms with Crippen molar-refractivity contribution in [3.63, 3.8) is 0 Å². The standard InChI is InChI=1S/C17H24N2S/c1-12-16(20-11-19-12)15(18-5)10-13-6-8-14(9-7-13)17(2,3)4/h6-9,11,15,18H,10H2,1-5H3. The summed E-state index contributed by atoms with van der Waals surface area (Å²) in [7, 11) is 2.02. The largest absolute Gasteiger partial charge is 0.312 e. The van der Waals surface area contributed by atoms with Crippen LogP contribution in [0.4, 0.5) is 0 Å². The molecular formula is C17H24N2S.